The fourth-order valence-corrected chi connectivity index (χ4v) is 2.33. The van der Waals surface area contributed by atoms with E-state index in [0.29, 0.717) is 5.56 Å². The molecule has 2 aromatic rings. The molecular weight excluding hydrogens is 235 g/mol. The molecule has 4 heteroatoms. The molecule has 1 aromatic heterocycles. The molecule has 0 radical (unpaired) electrons. The second-order valence-electron chi connectivity index (χ2n) is 2.95. The van der Waals surface area contributed by atoms with E-state index < -0.39 is 5.82 Å². The highest BCUT2D eigenvalue weighted by molar-refractivity contribution is 7.14. The maximum absolute atomic E-state index is 12.9. The Morgan fingerprint density at radius 1 is 1.33 bits per heavy atom. The van der Waals surface area contributed by atoms with E-state index >= 15 is 0 Å². The quantitative estimate of drug-likeness (QED) is 0.725. The number of thiophene rings is 1. The normalized spacial score (nSPS) is 10.3. The van der Waals surface area contributed by atoms with Crippen LogP contribution >= 0.6 is 22.9 Å². The second-order valence-corrected chi connectivity index (χ2v) is 4.28. The molecule has 0 amide bonds. The Hall–Kier alpha value is -1.19. The summed E-state index contributed by atoms with van der Waals surface area (Å²) in [7, 11) is 0. The highest BCUT2D eigenvalue weighted by atomic mass is 35.5. The molecular formula is C11H6ClFOS. The van der Waals surface area contributed by atoms with Crippen molar-refractivity contribution in [3.63, 3.8) is 0 Å². The first-order valence-electron chi connectivity index (χ1n) is 4.20. The Labute approximate surface area is 95.1 Å². The molecule has 0 aliphatic carbocycles. The van der Waals surface area contributed by atoms with Crippen LogP contribution in [-0.4, -0.2) is 6.29 Å². The summed E-state index contributed by atoms with van der Waals surface area (Å²) in [5.74, 6) is -0.454. The van der Waals surface area contributed by atoms with E-state index in [2.05, 4.69) is 0 Å². The summed E-state index contributed by atoms with van der Waals surface area (Å²) in [5, 5.41) is 1.88. The SMILES string of the molecule is O=Cc1ccsc1-c1ccc(F)c(Cl)c1. The average Bonchev–Trinajstić information content (AvgIpc) is 2.70. The Balaban J connectivity index is 2.54. The van der Waals surface area contributed by atoms with E-state index in [1.54, 1.807) is 12.1 Å². The van der Waals surface area contributed by atoms with Gasteiger partial charge in [0.2, 0.25) is 0 Å². The zero-order chi connectivity index (χ0) is 10.8. The predicted octanol–water partition coefficient (Wildman–Crippen LogP) is 4.02. The number of carbonyl (C=O) groups excluding carboxylic acids is 1. The fraction of sp³-hybridized carbons (Fsp3) is 0. The molecule has 0 saturated carbocycles. The van der Waals surface area contributed by atoms with Crippen molar-refractivity contribution in [2.45, 2.75) is 0 Å². The minimum absolute atomic E-state index is 0.0674. The van der Waals surface area contributed by atoms with Crippen molar-refractivity contribution in [1.29, 1.82) is 0 Å². The maximum atomic E-state index is 12.9. The highest BCUT2D eigenvalue weighted by Gasteiger charge is 2.08. The zero-order valence-corrected chi connectivity index (χ0v) is 9.11. The monoisotopic (exact) mass is 240 g/mol. The number of carbonyl (C=O) groups is 1. The van der Waals surface area contributed by atoms with Crippen molar-refractivity contribution >= 4 is 29.2 Å². The van der Waals surface area contributed by atoms with Gasteiger partial charge in [0, 0.05) is 10.4 Å². The van der Waals surface area contributed by atoms with Crippen LogP contribution in [0.15, 0.2) is 29.6 Å². The van der Waals surface area contributed by atoms with Gasteiger partial charge in [-0.05, 0) is 29.1 Å². The van der Waals surface area contributed by atoms with Gasteiger partial charge in [-0.15, -0.1) is 11.3 Å². The van der Waals surface area contributed by atoms with Gasteiger partial charge in [0.15, 0.2) is 6.29 Å². The van der Waals surface area contributed by atoms with Crippen LogP contribution in [0.4, 0.5) is 4.39 Å². The Morgan fingerprint density at radius 3 is 2.80 bits per heavy atom. The molecule has 0 bridgehead atoms. The summed E-state index contributed by atoms with van der Waals surface area (Å²) in [5.41, 5.74) is 1.36. The average molecular weight is 241 g/mol. The van der Waals surface area contributed by atoms with Crippen LogP contribution in [0.1, 0.15) is 10.4 Å². The summed E-state index contributed by atoms with van der Waals surface area (Å²) in [6.45, 7) is 0. The third kappa shape index (κ3) is 1.94. The van der Waals surface area contributed by atoms with Crippen LogP contribution < -0.4 is 0 Å². The molecule has 0 aliphatic heterocycles. The van der Waals surface area contributed by atoms with Gasteiger partial charge in [0.1, 0.15) is 5.82 Å². The summed E-state index contributed by atoms with van der Waals surface area (Å²) in [6.07, 6.45) is 0.781. The summed E-state index contributed by atoms with van der Waals surface area (Å²) in [6, 6.07) is 6.16. The van der Waals surface area contributed by atoms with Crippen LogP contribution in [0, 0.1) is 5.82 Å². The largest absolute Gasteiger partial charge is 0.298 e. The van der Waals surface area contributed by atoms with Crippen LogP contribution in [0.2, 0.25) is 5.02 Å². The Kier molecular flexibility index (Phi) is 2.84. The van der Waals surface area contributed by atoms with Gasteiger partial charge in [0.25, 0.3) is 0 Å². The van der Waals surface area contributed by atoms with Crippen molar-refractivity contribution in [3.8, 4) is 10.4 Å². The Bertz CT molecular complexity index is 507. The molecule has 0 saturated heterocycles. The molecule has 2 rings (SSSR count). The third-order valence-corrected chi connectivity index (χ3v) is 3.27. The lowest BCUT2D eigenvalue weighted by Crippen LogP contribution is -1.82. The van der Waals surface area contributed by atoms with E-state index in [1.165, 1.54) is 23.5 Å². The topological polar surface area (TPSA) is 17.1 Å². The second kappa shape index (κ2) is 4.13. The lowest BCUT2D eigenvalue weighted by atomic mass is 10.1. The van der Waals surface area contributed by atoms with Crippen molar-refractivity contribution in [1.82, 2.24) is 0 Å². The molecule has 0 unspecified atom stereocenters. The molecule has 0 aliphatic rings. The van der Waals surface area contributed by atoms with E-state index in [4.69, 9.17) is 11.6 Å². The van der Waals surface area contributed by atoms with Crippen LogP contribution in [0.5, 0.6) is 0 Å². The van der Waals surface area contributed by atoms with Crippen molar-refractivity contribution < 1.29 is 9.18 Å². The van der Waals surface area contributed by atoms with E-state index in [1.807, 2.05) is 5.38 Å². The first kappa shape index (κ1) is 10.3. The fourth-order valence-electron chi connectivity index (χ4n) is 1.28. The standard InChI is InChI=1S/C11H6ClFOS/c12-9-5-7(1-2-10(9)13)11-8(6-14)3-4-15-11/h1-6H. The van der Waals surface area contributed by atoms with Gasteiger partial charge in [-0.3, -0.25) is 4.79 Å². The number of halogens is 2. The molecule has 0 atom stereocenters. The minimum atomic E-state index is -0.454. The van der Waals surface area contributed by atoms with Crippen molar-refractivity contribution in [2.75, 3.05) is 0 Å². The summed E-state index contributed by atoms with van der Waals surface area (Å²) >= 11 is 7.10. The number of rotatable bonds is 2. The molecule has 76 valence electrons. The number of hydrogen-bond acceptors (Lipinski definition) is 2. The van der Waals surface area contributed by atoms with Crippen LogP contribution in [0.3, 0.4) is 0 Å². The molecule has 1 aromatic carbocycles. The van der Waals surface area contributed by atoms with Crippen LogP contribution in [-0.2, 0) is 0 Å². The third-order valence-electron chi connectivity index (χ3n) is 2.00. The lowest BCUT2D eigenvalue weighted by molar-refractivity contribution is 0.112. The predicted molar refractivity (Wildman–Crippen MR) is 60.1 cm³/mol. The first-order chi connectivity index (χ1) is 7.22. The molecule has 15 heavy (non-hydrogen) atoms. The van der Waals surface area contributed by atoms with Gasteiger partial charge in [-0.1, -0.05) is 17.7 Å². The molecule has 0 spiro atoms. The number of benzene rings is 1. The smallest absolute Gasteiger partial charge is 0.151 e. The molecule has 0 fully saturated rings. The molecule has 1 heterocycles. The maximum Gasteiger partial charge on any atom is 0.151 e. The highest BCUT2D eigenvalue weighted by Crippen LogP contribution is 2.31. The number of hydrogen-bond donors (Lipinski definition) is 0. The van der Waals surface area contributed by atoms with Gasteiger partial charge >= 0.3 is 0 Å². The lowest BCUT2D eigenvalue weighted by Gasteiger charge is -2.00. The first-order valence-corrected chi connectivity index (χ1v) is 5.46. The molecule has 1 nitrogen and oxygen atoms in total. The van der Waals surface area contributed by atoms with Gasteiger partial charge in [-0.25, -0.2) is 4.39 Å². The zero-order valence-electron chi connectivity index (χ0n) is 7.54. The van der Waals surface area contributed by atoms with E-state index in [9.17, 15) is 9.18 Å². The van der Waals surface area contributed by atoms with Gasteiger partial charge in [0.05, 0.1) is 5.02 Å². The van der Waals surface area contributed by atoms with Gasteiger partial charge in [-0.2, -0.15) is 0 Å². The number of aldehydes is 1. The Morgan fingerprint density at radius 2 is 2.13 bits per heavy atom. The van der Waals surface area contributed by atoms with E-state index in [0.717, 1.165) is 16.7 Å². The van der Waals surface area contributed by atoms with Crippen LogP contribution in [0.25, 0.3) is 10.4 Å². The van der Waals surface area contributed by atoms with Gasteiger partial charge < -0.3 is 0 Å². The summed E-state index contributed by atoms with van der Waals surface area (Å²) < 4.78 is 12.9. The van der Waals surface area contributed by atoms with Crippen molar-refractivity contribution in [3.05, 3.63) is 46.0 Å². The summed E-state index contributed by atoms with van der Waals surface area (Å²) in [4.78, 5) is 11.5. The molecule has 0 N–H and O–H groups in total. The van der Waals surface area contributed by atoms with E-state index in [-0.39, 0.29) is 5.02 Å². The minimum Gasteiger partial charge on any atom is -0.298 e. The van der Waals surface area contributed by atoms with Crippen molar-refractivity contribution in [2.24, 2.45) is 0 Å².